The van der Waals surface area contributed by atoms with Gasteiger partial charge in [0, 0.05) is 23.6 Å². The lowest BCUT2D eigenvalue weighted by Gasteiger charge is -2.24. The van der Waals surface area contributed by atoms with Gasteiger partial charge in [0.05, 0.1) is 18.6 Å². The maximum absolute atomic E-state index is 12.8. The molecule has 4 aliphatic heterocycles. The number of aliphatic carboxylic acids is 1. The molecule has 1 spiro atoms. The number of benzene rings is 1. The van der Waals surface area contributed by atoms with Crippen LogP contribution < -0.4 is 19.5 Å². The summed E-state index contributed by atoms with van der Waals surface area (Å²) in [5, 5.41) is 11.4. The highest BCUT2D eigenvalue weighted by Gasteiger charge is 2.65. The van der Waals surface area contributed by atoms with Crippen molar-refractivity contribution in [1.82, 2.24) is 0 Å². The molecule has 2 fully saturated rings. The molecule has 1 aromatic rings. The lowest BCUT2D eigenvalue weighted by molar-refractivity contribution is -0.313. The van der Waals surface area contributed by atoms with Gasteiger partial charge in [-0.2, -0.15) is 0 Å². The van der Waals surface area contributed by atoms with Gasteiger partial charge in [-0.1, -0.05) is 12.2 Å². The Morgan fingerprint density at radius 2 is 2.13 bits per heavy atom. The van der Waals surface area contributed by atoms with Gasteiger partial charge in [0.25, 0.3) is 0 Å². The predicted molar refractivity (Wildman–Crippen MR) is 73.6 cm³/mol. The Hall–Kier alpha value is -2.54. The number of ether oxygens (including phenoxy) is 3. The zero-order valence-corrected chi connectivity index (χ0v) is 11.9. The summed E-state index contributed by atoms with van der Waals surface area (Å²) >= 11 is 0. The van der Waals surface area contributed by atoms with E-state index in [1.807, 2.05) is 6.08 Å². The van der Waals surface area contributed by atoms with Crippen LogP contribution in [0.15, 0.2) is 30.4 Å². The molecule has 0 radical (unpaired) electrons. The molecule has 7 heteroatoms. The highest BCUT2D eigenvalue weighted by molar-refractivity contribution is 6.02. The van der Waals surface area contributed by atoms with Crippen molar-refractivity contribution in [2.45, 2.75) is 11.7 Å². The molecule has 5 rings (SSSR count). The van der Waals surface area contributed by atoms with Gasteiger partial charge in [-0.3, -0.25) is 4.79 Å². The zero-order chi connectivity index (χ0) is 15.8. The molecule has 0 unspecified atom stereocenters. The van der Waals surface area contributed by atoms with E-state index >= 15 is 0 Å². The SMILES string of the molecule is O=C([O-])[C@@H]1[C@H]2C=C[C@]3(CN(c4ccc5c(c4)OCO5)C(=O)[C@@H]13)O2. The summed E-state index contributed by atoms with van der Waals surface area (Å²) in [5.74, 6) is -1.98. The standard InChI is InChI=1S/C16H13NO6/c18-14-13-12(15(19)20)10-3-4-16(13,23-10)6-17(14)8-1-2-9-11(5-8)22-7-21-9/h1-5,10,12-13H,6-7H2,(H,19,20)/p-1/t10-,12-,13-,16-/m1/s1. The Morgan fingerprint density at radius 3 is 2.96 bits per heavy atom. The van der Waals surface area contributed by atoms with E-state index in [2.05, 4.69) is 0 Å². The van der Waals surface area contributed by atoms with E-state index in [1.165, 1.54) is 0 Å². The van der Waals surface area contributed by atoms with Gasteiger partial charge in [-0.05, 0) is 12.1 Å². The largest absolute Gasteiger partial charge is 0.550 e. The average molecular weight is 314 g/mol. The van der Waals surface area contributed by atoms with Crippen molar-refractivity contribution >= 4 is 17.6 Å². The van der Waals surface area contributed by atoms with E-state index < -0.39 is 29.5 Å². The molecular formula is C16H12NO6-. The number of carboxylic acid groups (broad SMARTS) is 1. The van der Waals surface area contributed by atoms with Gasteiger partial charge in [-0.25, -0.2) is 0 Å². The molecule has 0 saturated carbocycles. The van der Waals surface area contributed by atoms with Crippen LogP contribution in [0.3, 0.4) is 0 Å². The topological polar surface area (TPSA) is 88.1 Å². The van der Waals surface area contributed by atoms with Gasteiger partial charge in [-0.15, -0.1) is 0 Å². The molecule has 0 aromatic heterocycles. The quantitative estimate of drug-likeness (QED) is 0.681. The van der Waals surface area contributed by atoms with Crippen LogP contribution in [0.4, 0.5) is 5.69 Å². The summed E-state index contributed by atoms with van der Waals surface area (Å²) < 4.78 is 16.4. The molecule has 4 atom stereocenters. The molecule has 23 heavy (non-hydrogen) atoms. The van der Waals surface area contributed by atoms with E-state index in [-0.39, 0.29) is 19.2 Å². The summed E-state index contributed by atoms with van der Waals surface area (Å²) in [6.07, 6.45) is 2.95. The highest BCUT2D eigenvalue weighted by Crippen LogP contribution is 2.52. The minimum Gasteiger partial charge on any atom is -0.550 e. The zero-order valence-electron chi connectivity index (χ0n) is 11.9. The second-order valence-corrected chi connectivity index (χ2v) is 6.18. The first-order valence-electron chi connectivity index (χ1n) is 7.38. The first kappa shape index (κ1) is 13.0. The van der Waals surface area contributed by atoms with Crippen LogP contribution in [0.2, 0.25) is 0 Å². The van der Waals surface area contributed by atoms with Crippen LogP contribution in [0.5, 0.6) is 11.5 Å². The number of amides is 1. The number of rotatable bonds is 2. The fourth-order valence-corrected chi connectivity index (χ4v) is 4.04. The maximum atomic E-state index is 12.8. The van der Waals surface area contributed by atoms with E-state index in [0.29, 0.717) is 17.2 Å². The number of carboxylic acids is 1. The molecule has 2 bridgehead atoms. The van der Waals surface area contributed by atoms with E-state index in [9.17, 15) is 14.7 Å². The first-order chi connectivity index (χ1) is 11.1. The normalized spacial score (nSPS) is 35.9. The van der Waals surface area contributed by atoms with E-state index in [0.717, 1.165) is 0 Å². The van der Waals surface area contributed by atoms with Crippen molar-refractivity contribution in [2.24, 2.45) is 11.8 Å². The van der Waals surface area contributed by atoms with Crippen LogP contribution in [-0.2, 0) is 14.3 Å². The number of carbonyl (C=O) groups is 2. The Labute approximate surface area is 131 Å². The smallest absolute Gasteiger partial charge is 0.234 e. The van der Waals surface area contributed by atoms with E-state index in [1.54, 1.807) is 29.2 Å². The minimum absolute atomic E-state index is 0.152. The van der Waals surface area contributed by atoms with Crippen molar-refractivity contribution < 1.29 is 28.9 Å². The molecule has 118 valence electrons. The summed E-state index contributed by atoms with van der Waals surface area (Å²) in [7, 11) is 0. The van der Waals surface area contributed by atoms with Gasteiger partial charge >= 0.3 is 0 Å². The van der Waals surface area contributed by atoms with Crippen molar-refractivity contribution in [3.8, 4) is 11.5 Å². The maximum Gasteiger partial charge on any atom is 0.234 e. The number of hydrogen-bond acceptors (Lipinski definition) is 6. The fraction of sp³-hybridized carbons (Fsp3) is 0.375. The van der Waals surface area contributed by atoms with Gasteiger partial charge in [0.1, 0.15) is 5.60 Å². The van der Waals surface area contributed by atoms with Crippen LogP contribution >= 0.6 is 0 Å². The summed E-state index contributed by atoms with van der Waals surface area (Å²) in [4.78, 5) is 25.8. The van der Waals surface area contributed by atoms with Crippen LogP contribution in [0.25, 0.3) is 0 Å². The Kier molecular flexibility index (Phi) is 2.28. The second-order valence-electron chi connectivity index (χ2n) is 6.18. The molecular weight excluding hydrogens is 302 g/mol. The lowest BCUT2D eigenvalue weighted by Crippen LogP contribution is -2.45. The molecule has 7 nitrogen and oxygen atoms in total. The Morgan fingerprint density at radius 1 is 1.30 bits per heavy atom. The molecule has 2 saturated heterocycles. The van der Waals surface area contributed by atoms with E-state index in [4.69, 9.17) is 14.2 Å². The number of fused-ring (bicyclic) bond motifs is 2. The van der Waals surface area contributed by atoms with Crippen molar-refractivity contribution in [1.29, 1.82) is 0 Å². The van der Waals surface area contributed by atoms with Crippen molar-refractivity contribution in [3.05, 3.63) is 30.4 Å². The second kappa shape index (κ2) is 4.05. The number of hydrogen-bond donors (Lipinski definition) is 0. The molecule has 4 heterocycles. The van der Waals surface area contributed by atoms with Crippen LogP contribution in [0, 0.1) is 11.8 Å². The minimum atomic E-state index is -1.24. The predicted octanol–water partition coefficient (Wildman–Crippen LogP) is -0.548. The summed E-state index contributed by atoms with van der Waals surface area (Å²) in [6.45, 7) is 0.437. The Balaban J connectivity index is 1.54. The van der Waals surface area contributed by atoms with Gasteiger partial charge in [0.2, 0.25) is 12.7 Å². The summed E-state index contributed by atoms with van der Waals surface area (Å²) in [6, 6.07) is 5.22. The van der Waals surface area contributed by atoms with Crippen LogP contribution in [0.1, 0.15) is 0 Å². The highest BCUT2D eigenvalue weighted by atomic mass is 16.7. The average Bonchev–Trinajstić information content (AvgIpc) is 3.26. The van der Waals surface area contributed by atoms with Crippen LogP contribution in [-0.4, -0.2) is 36.9 Å². The fourth-order valence-electron chi connectivity index (χ4n) is 4.04. The Bertz CT molecular complexity index is 774. The third kappa shape index (κ3) is 1.52. The molecule has 1 amide bonds. The molecule has 4 aliphatic rings. The summed E-state index contributed by atoms with van der Waals surface area (Å²) in [5.41, 5.74) is -0.233. The van der Waals surface area contributed by atoms with Gasteiger partial charge < -0.3 is 29.0 Å². The lowest BCUT2D eigenvalue weighted by atomic mass is 9.77. The number of nitrogens with zero attached hydrogens (tertiary/aromatic N) is 1. The number of carbonyl (C=O) groups excluding carboxylic acids is 2. The van der Waals surface area contributed by atoms with Gasteiger partial charge in [0.15, 0.2) is 11.5 Å². The van der Waals surface area contributed by atoms with Crippen molar-refractivity contribution in [2.75, 3.05) is 18.2 Å². The monoisotopic (exact) mass is 314 g/mol. The third-order valence-electron chi connectivity index (χ3n) is 5.04. The third-order valence-corrected chi connectivity index (χ3v) is 5.04. The van der Waals surface area contributed by atoms with Crippen molar-refractivity contribution in [3.63, 3.8) is 0 Å². The first-order valence-corrected chi connectivity index (χ1v) is 7.38. The number of anilines is 1. The molecule has 1 aromatic carbocycles. The molecule has 0 N–H and O–H groups in total. The molecule has 0 aliphatic carbocycles.